The van der Waals surface area contributed by atoms with Crippen molar-refractivity contribution in [1.82, 2.24) is 4.98 Å². The number of carbonyl (C=O) groups excluding carboxylic acids is 2. The third kappa shape index (κ3) is 4.26. The van der Waals surface area contributed by atoms with E-state index in [9.17, 15) is 19.8 Å². The van der Waals surface area contributed by atoms with E-state index in [-0.39, 0.29) is 16.6 Å². The number of aromatic nitrogens is 1. The maximum Gasteiger partial charge on any atom is 0.185 e. The van der Waals surface area contributed by atoms with Gasteiger partial charge in [0, 0.05) is 24.4 Å². The summed E-state index contributed by atoms with van der Waals surface area (Å²) >= 11 is 0.945. The summed E-state index contributed by atoms with van der Waals surface area (Å²) in [6.07, 6.45) is -0.239. The first kappa shape index (κ1) is 13.8. The molecule has 5 nitrogen and oxygen atoms in total. The van der Waals surface area contributed by atoms with Crippen molar-refractivity contribution in [3.8, 4) is 0 Å². The topological polar surface area (TPSA) is 87.5 Å². The van der Waals surface area contributed by atoms with E-state index in [0.29, 0.717) is 11.8 Å². The van der Waals surface area contributed by atoms with Gasteiger partial charge < -0.3 is 10.2 Å². The zero-order valence-electron chi connectivity index (χ0n) is 9.24. The molecule has 1 aromatic heterocycles. The fraction of sp³-hybridized carbons (Fsp3) is 0.364. The van der Waals surface area contributed by atoms with Crippen molar-refractivity contribution in [2.75, 3.05) is 5.75 Å². The van der Waals surface area contributed by atoms with E-state index in [2.05, 4.69) is 4.98 Å². The largest absolute Gasteiger partial charge is 0.389 e. The van der Waals surface area contributed by atoms with Gasteiger partial charge in [-0.1, -0.05) is 17.8 Å². The van der Waals surface area contributed by atoms with Gasteiger partial charge in [0.25, 0.3) is 0 Å². The smallest absolute Gasteiger partial charge is 0.185 e. The minimum absolute atomic E-state index is 0.117. The van der Waals surface area contributed by atoms with Gasteiger partial charge in [-0.15, -0.1) is 0 Å². The molecule has 0 aliphatic rings. The molecule has 17 heavy (non-hydrogen) atoms. The van der Waals surface area contributed by atoms with E-state index in [0.717, 1.165) is 11.8 Å². The highest BCUT2D eigenvalue weighted by Gasteiger charge is 2.19. The van der Waals surface area contributed by atoms with Gasteiger partial charge in [0.2, 0.25) is 0 Å². The number of rotatable bonds is 5. The van der Waals surface area contributed by atoms with Crippen LogP contribution in [0.1, 0.15) is 29.1 Å². The average molecular weight is 255 g/mol. The lowest BCUT2D eigenvalue weighted by Crippen LogP contribution is -2.21. The number of aldehydes is 1. The molecule has 0 fully saturated rings. The second-order valence-corrected chi connectivity index (χ2v) is 4.65. The van der Waals surface area contributed by atoms with Crippen molar-refractivity contribution >= 4 is 23.2 Å². The zero-order valence-corrected chi connectivity index (χ0v) is 10.1. The number of nitrogens with zero attached hydrogens (tertiary/aromatic N) is 1. The molecule has 1 aromatic rings. The summed E-state index contributed by atoms with van der Waals surface area (Å²) in [7, 11) is 0. The van der Waals surface area contributed by atoms with Gasteiger partial charge in [-0.05, 0) is 6.07 Å². The van der Waals surface area contributed by atoms with Crippen LogP contribution in [0.15, 0.2) is 18.3 Å². The van der Waals surface area contributed by atoms with Crippen LogP contribution in [-0.2, 0) is 4.79 Å². The summed E-state index contributed by atoms with van der Waals surface area (Å²) in [6, 6.07) is 2.97. The summed E-state index contributed by atoms with van der Waals surface area (Å²) in [5, 5.41) is 19.3. The molecule has 0 spiro atoms. The number of carbonyl (C=O) groups is 2. The predicted molar refractivity (Wildman–Crippen MR) is 63.7 cm³/mol. The Bertz CT molecular complexity index is 393. The maximum atomic E-state index is 10.7. The fourth-order valence-corrected chi connectivity index (χ4v) is 1.77. The van der Waals surface area contributed by atoms with Crippen LogP contribution >= 0.6 is 11.8 Å². The molecule has 2 N–H and O–H groups in total. The molecule has 2 unspecified atom stereocenters. The van der Waals surface area contributed by atoms with Crippen LogP contribution in [0.25, 0.3) is 0 Å². The fourth-order valence-electron chi connectivity index (χ4n) is 1.18. The lowest BCUT2D eigenvalue weighted by Gasteiger charge is -2.16. The molecule has 0 radical (unpaired) electrons. The molecule has 0 saturated heterocycles. The summed E-state index contributed by atoms with van der Waals surface area (Å²) < 4.78 is 0. The van der Waals surface area contributed by atoms with Crippen LogP contribution < -0.4 is 0 Å². The Morgan fingerprint density at radius 1 is 1.53 bits per heavy atom. The second-order valence-electron chi connectivity index (χ2n) is 3.45. The first-order valence-corrected chi connectivity index (χ1v) is 5.93. The van der Waals surface area contributed by atoms with E-state index in [1.807, 2.05) is 0 Å². The highest BCUT2D eigenvalue weighted by Crippen LogP contribution is 2.19. The molecule has 0 saturated carbocycles. The lowest BCUT2D eigenvalue weighted by molar-refractivity contribution is -0.109. The SMILES string of the molecule is CC(=O)SCC(O)C(O)c1ccc(C=O)nc1. The Kier molecular flexibility index (Phi) is 5.27. The van der Waals surface area contributed by atoms with Crippen molar-refractivity contribution in [3.63, 3.8) is 0 Å². The molecular weight excluding hydrogens is 242 g/mol. The molecule has 0 aliphatic heterocycles. The Morgan fingerprint density at radius 2 is 2.24 bits per heavy atom. The average Bonchev–Trinajstić information content (AvgIpc) is 2.35. The number of aliphatic hydroxyl groups is 2. The Labute approximate surface area is 103 Å². The molecule has 2 atom stereocenters. The Hall–Kier alpha value is -1.24. The first-order valence-electron chi connectivity index (χ1n) is 4.95. The van der Waals surface area contributed by atoms with Gasteiger partial charge in [0.1, 0.15) is 11.8 Å². The van der Waals surface area contributed by atoms with Gasteiger partial charge >= 0.3 is 0 Å². The molecule has 0 amide bonds. The first-order chi connectivity index (χ1) is 8.04. The molecule has 1 rings (SSSR count). The quantitative estimate of drug-likeness (QED) is 0.748. The standard InChI is InChI=1S/C11H13NO4S/c1-7(14)17-6-10(15)11(16)8-2-3-9(5-13)12-4-8/h2-5,10-11,15-16H,6H2,1H3. The highest BCUT2D eigenvalue weighted by atomic mass is 32.2. The van der Waals surface area contributed by atoms with Gasteiger partial charge in [-0.3, -0.25) is 14.6 Å². The van der Waals surface area contributed by atoms with E-state index in [4.69, 9.17) is 0 Å². The van der Waals surface area contributed by atoms with E-state index < -0.39 is 12.2 Å². The van der Waals surface area contributed by atoms with Gasteiger partial charge in [0.05, 0.1) is 6.10 Å². The van der Waals surface area contributed by atoms with Crippen molar-refractivity contribution in [1.29, 1.82) is 0 Å². The molecule has 0 aliphatic carbocycles. The molecule has 0 bridgehead atoms. The van der Waals surface area contributed by atoms with Gasteiger partial charge in [0.15, 0.2) is 11.4 Å². The van der Waals surface area contributed by atoms with Crippen LogP contribution in [0.3, 0.4) is 0 Å². The van der Waals surface area contributed by atoms with Gasteiger partial charge in [-0.2, -0.15) is 0 Å². The third-order valence-corrected chi connectivity index (χ3v) is 3.01. The monoisotopic (exact) mass is 255 g/mol. The molecule has 6 heteroatoms. The minimum atomic E-state index is -1.12. The molecule has 1 heterocycles. The van der Waals surface area contributed by atoms with Crippen molar-refractivity contribution in [2.24, 2.45) is 0 Å². The summed E-state index contributed by atoms with van der Waals surface area (Å²) in [5.74, 6) is 0.117. The second kappa shape index (κ2) is 6.48. The van der Waals surface area contributed by atoms with Crippen molar-refractivity contribution in [2.45, 2.75) is 19.1 Å². The Morgan fingerprint density at radius 3 is 2.71 bits per heavy atom. The van der Waals surface area contributed by atoms with Crippen LogP contribution in [0.5, 0.6) is 0 Å². The van der Waals surface area contributed by atoms with Crippen molar-refractivity contribution in [3.05, 3.63) is 29.6 Å². The van der Waals surface area contributed by atoms with Crippen LogP contribution in [0.4, 0.5) is 0 Å². The number of hydrogen-bond acceptors (Lipinski definition) is 6. The minimum Gasteiger partial charge on any atom is -0.389 e. The zero-order chi connectivity index (χ0) is 12.8. The number of pyridine rings is 1. The van der Waals surface area contributed by atoms with E-state index in [1.54, 1.807) is 0 Å². The van der Waals surface area contributed by atoms with Crippen LogP contribution in [0.2, 0.25) is 0 Å². The number of thioether (sulfide) groups is 1. The highest BCUT2D eigenvalue weighted by molar-refractivity contribution is 8.13. The molecule has 0 aromatic carbocycles. The summed E-state index contributed by atoms with van der Waals surface area (Å²) in [4.78, 5) is 24.9. The normalized spacial score (nSPS) is 14.1. The maximum absolute atomic E-state index is 10.7. The summed E-state index contributed by atoms with van der Waals surface area (Å²) in [5.41, 5.74) is 0.667. The summed E-state index contributed by atoms with van der Waals surface area (Å²) in [6.45, 7) is 1.39. The van der Waals surface area contributed by atoms with E-state index >= 15 is 0 Å². The van der Waals surface area contributed by atoms with Crippen LogP contribution in [-0.4, -0.2) is 38.5 Å². The lowest BCUT2D eigenvalue weighted by atomic mass is 10.1. The molecule has 92 valence electrons. The molecular formula is C11H13NO4S. The third-order valence-electron chi connectivity index (χ3n) is 2.09. The van der Waals surface area contributed by atoms with Crippen molar-refractivity contribution < 1.29 is 19.8 Å². The van der Waals surface area contributed by atoms with Gasteiger partial charge in [-0.25, -0.2) is 0 Å². The number of hydrogen-bond donors (Lipinski definition) is 2. The van der Waals surface area contributed by atoms with E-state index in [1.165, 1.54) is 25.3 Å². The van der Waals surface area contributed by atoms with Crippen LogP contribution in [0, 0.1) is 0 Å². The predicted octanol–water partition coefficient (Wildman–Crippen LogP) is 0.568. The Balaban J connectivity index is 2.63. The number of aliphatic hydroxyl groups excluding tert-OH is 2.